The maximum Gasteiger partial charge on any atom is 0.237 e. The minimum Gasteiger partial charge on any atom is -0.466 e. The fourth-order valence-corrected chi connectivity index (χ4v) is 4.06. The van der Waals surface area contributed by atoms with Gasteiger partial charge in [0.15, 0.2) is 6.20 Å². The maximum absolute atomic E-state index is 14.0. The summed E-state index contributed by atoms with van der Waals surface area (Å²) in [5.41, 5.74) is 6.07. The van der Waals surface area contributed by atoms with Gasteiger partial charge < -0.3 is 4.42 Å². The van der Waals surface area contributed by atoms with Crippen LogP contribution in [-0.4, -0.2) is 0 Å². The van der Waals surface area contributed by atoms with E-state index in [9.17, 15) is 4.39 Å². The molecule has 0 atom stereocenters. The van der Waals surface area contributed by atoms with Crippen LogP contribution in [0.2, 0.25) is 0 Å². The number of benzene rings is 3. The van der Waals surface area contributed by atoms with Crippen molar-refractivity contribution < 1.29 is 13.4 Å². The molecule has 0 unspecified atom stereocenters. The Morgan fingerprint density at radius 3 is 2.43 bits per heavy atom. The first-order valence-corrected chi connectivity index (χ1v) is 9.65. The van der Waals surface area contributed by atoms with E-state index in [4.69, 9.17) is 11.0 Å². The summed E-state index contributed by atoms with van der Waals surface area (Å²) in [6.07, 6.45) is 1.70. The van der Waals surface area contributed by atoms with Crippen LogP contribution in [0.5, 0.6) is 0 Å². The molecule has 0 N–H and O–H groups in total. The second kappa shape index (κ2) is 6.82. The Labute approximate surface area is 173 Å². The van der Waals surface area contributed by atoms with Crippen molar-refractivity contribution in [3.63, 3.8) is 0 Å². The Bertz CT molecular complexity index is 1480. The molecule has 3 nitrogen and oxygen atoms in total. The normalized spacial score (nSPS) is 11.1. The van der Waals surface area contributed by atoms with Gasteiger partial charge in [-0.15, -0.1) is 0 Å². The standard InChI is InChI=1S/C26H18FN2O/c1-16-9-10-20-21-12-11-19(17-7-5-4-6-8-17)24(28-2)26(21)30-25(20)23(16)22-15-18(27)13-14-29(22)3/h4-15H,1,3H3/q+1. The third kappa shape index (κ3) is 2.67. The zero-order valence-corrected chi connectivity index (χ0v) is 16.6. The SMILES string of the molecule is [C-]#[N+]c1c(-c2ccccc2)ccc2c1oc1c(-c3cc(F)cc[n+]3C)c(C)ccc12. The summed E-state index contributed by atoms with van der Waals surface area (Å²) in [5.74, 6) is -0.302. The molecule has 0 saturated heterocycles. The molecular formula is C26H18FN2O+. The van der Waals surface area contributed by atoms with E-state index in [1.807, 2.05) is 73.1 Å². The van der Waals surface area contributed by atoms with Crippen molar-refractivity contribution in [1.29, 1.82) is 0 Å². The van der Waals surface area contributed by atoms with Crippen LogP contribution in [0.1, 0.15) is 5.56 Å². The molecule has 0 fully saturated rings. The van der Waals surface area contributed by atoms with Crippen molar-refractivity contribution in [1.82, 2.24) is 0 Å². The van der Waals surface area contributed by atoms with Crippen LogP contribution in [0, 0.1) is 19.3 Å². The monoisotopic (exact) mass is 393 g/mol. The van der Waals surface area contributed by atoms with Gasteiger partial charge in [0.25, 0.3) is 0 Å². The zero-order chi connectivity index (χ0) is 20.8. The number of nitrogens with zero attached hydrogens (tertiary/aromatic N) is 2. The molecular weight excluding hydrogens is 375 g/mol. The smallest absolute Gasteiger partial charge is 0.237 e. The van der Waals surface area contributed by atoms with Crippen molar-refractivity contribution in [2.24, 2.45) is 7.05 Å². The Balaban J connectivity index is 1.88. The number of aryl methyl sites for hydroxylation is 2. The van der Waals surface area contributed by atoms with E-state index in [1.165, 1.54) is 12.1 Å². The first kappa shape index (κ1) is 18.1. The Kier molecular flexibility index (Phi) is 4.11. The lowest BCUT2D eigenvalue weighted by atomic mass is 9.98. The van der Waals surface area contributed by atoms with Crippen LogP contribution in [0.25, 0.3) is 49.2 Å². The van der Waals surface area contributed by atoms with Crippen LogP contribution in [-0.2, 0) is 7.05 Å². The topological polar surface area (TPSA) is 21.4 Å². The molecule has 0 bridgehead atoms. The number of hydrogen-bond acceptors (Lipinski definition) is 1. The van der Waals surface area contributed by atoms with E-state index >= 15 is 0 Å². The maximum atomic E-state index is 14.0. The highest BCUT2D eigenvalue weighted by Gasteiger charge is 2.23. The van der Waals surface area contributed by atoms with Gasteiger partial charge in [0.2, 0.25) is 11.4 Å². The molecule has 0 amide bonds. The van der Waals surface area contributed by atoms with E-state index in [1.54, 1.807) is 6.20 Å². The predicted octanol–water partition coefficient (Wildman–Crippen LogP) is 6.74. The molecule has 0 spiro atoms. The quantitative estimate of drug-likeness (QED) is 0.240. The van der Waals surface area contributed by atoms with Crippen LogP contribution < -0.4 is 4.57 Å². The molecule has 4 heteroatoms. The molecule has 0 aliphatic heterocycles. The summed E-state index contributed by atoms with van der Waals surface area (Å²) in [5, 5.41) is 1.80. The van der Waals surface area contributed by atoms with Gasteiger partial charge in [-0.25, -0.2) is 13.8 Å². The summed E-state index contributed by atoms with van der Waals surface area (Å²) in [6.45, 7) is 9.81. The zero-order valence-electron chi connectivity index (χ0n) is 16.6. The number of furan rings is 1. The molecule has 2 aromatic heterocycles. The summed E-state index contributed by atoms with van der Waals surface area (Å²) in [7, 11) is 1.88. The average molecular weight is 393 g/mol. The minimum atomic E-state index is -0.302. The van der Waals surface area contributed by atoms with Gasteiger partial charge in [-0.1, -0.05) is 54.6 Å². The molecule has 5 aromatic rings. The van der Waals surface area contributed by atoms with Crippen molar-refractivity contribution in [2.75, 3.05) is 0 Å². The number of hydrogen-bond donors (Lipinski definition) is 0. The largest absolute Gasteiger partial charge is 0.466 e. The predicted molar refractivity (Wildman–Crippen MR) is 117 cm³/mol. The molecule has 2 heterocycles. The highest BCUT2D eigenvalue weighted by atomic mass is 19.1. The van der Waals surface area contributed by atoms with Gasteiger partial charge in [0, 0.05) is 22.9 Å². The fourth-order valence-electron chi connectivity index (χ4n) is 4.06. The van der Waals surface area contributed by atoms with E-state index in [-0.39, 0.29) is 5.82 Å². The lowest BCUT2D eigenvalue weighted by Gasteiger charge is -2.05. The molecule has 0 radical (unpaired) electrons. The average Bonchev–Trinajstić information content (AvgIpc) is 3.14. The van der Waals surface area contributed by atoms with Crippen LogP contribution >= 0.6 is 0 Å². The van der Waals surface area contributed by atoms with Crippen molar-refractivity contribution in [2.45, 2.75) is 6.92 Å². The molecule has 3 aromatic carbocycles. The van der Waals surface area contributed by atoms with Gasteiger partial charge in [0.05, 0.1) is 12.1 Å². The van der Waals surface area contributed by atoms with E-state index in [0.29, 0.717) is 16.9 Å². The molecule has 0 aliphatic carbocycles. The number of rotatable bonds is 2. The summed E-state index contributed by atoms with van der Waals surface area (Å²) >= 11 is 0. The second-order valence-corrected chi connectivity index (χ2v) is 7.39. The minimum absolute atomic E-state index is 0.302. The van der Waals surface area contributed by atoms with E-state index in [0.717, 1.165) is 38.7 Å². The summed E-state index contributed by atoms with van der Waals surface area (Å²) in [4.78, 5) is 3.82. The molecule has 0 saturated carbocycles. The van der Waals surface area contributed by atoms with Crippen molar-refractivity contribution in [3.05, 3.63) is 95.7 Å². The first-order chi connectivity index (χ1) is 14.6. The highest BCUT2D eigenvalue weighted by Crippen LogP contribution is 2.44. The number of fused-ring (bicyclic) bond motifs is 3. The lowest BCUT2D eigenvalue weighted by Crippen LogP contribution is -2.30. The van der Waals surface area contributed by atoms with Gasteiger partial charge in [-0.2, -0.15) is 0 Å². The van der Waals surface area contributed by atoms with Crippen molar-refractivity contribution >= 4 is 27.6 Å². The first-order valence-electron chi connectivity index (χ1n) is 9.65. The van der Waals surface area contributed by atoms with Crippen LogP contribution in [0.3, 0.4) is 0 Å². The molecule has 144 valence electrons. The van der Waals surface area contributed by atoms with Gasteiger partial charge in [0.1, 0.15) is 24.0 Å². The van der Waals surface area contributed by atoms with Crippen LogP contribution in [0.4, 0.5) is 10.1 Å². The molecule has 0 aliphatic rings. The van der Waals surface area contributed by atoms with Crippen LogP contribution in [0.15, 0.2) is 77.3 Å². The fraction of sp³-hybridized carbons (Fsp3) is 0.0769. The summed E-state index contributed by atoms with van der Waals surface area (Å²) < 4.78 is 22.3. The number of pyridine rings is 1. The van der Waals surface area contributed by atoms with Gasteiger partial charge in [-0.3, -0.25) is 0 Å². The van der Waals surface area contributed by atoms with Gasteiger partial charge >= 0.3 is 0 Å². The molecule has 5 rings (SSSR count). The summed E-state index contributed by atoms with van der Waals surface area (Å²) in [6, 6.07) is 20.8. The third-order valence-corrected chi connectivity index (χ3v) is 5.56. The molecule has 30 heavy (non-hydrogen) atoms. The Morgan fingerprint density at radius 1 is 0.933 bits per heavy atom. The number of halogens is 1. The second-order valence-electron chi connectivity index (χ2n) is 7.39. The van der Waals surface area contributed by atoms with Gasteiger partial charge in [-0.05, 0) is 23.6 Å². The van der Waals surface area contributed by atoms with E-state index < -0.39 is 0 Å². The van der Waals surface area contributed by atoms with E-state index in [2.05, 4.69) is 4.85 Å². The lowest BCUT2D eigenvalue weighted by molar-refractivity contribution is -0.660. The third-order valence-electron chi connectivity index (χ3n) is 5.56. The highest BCUT2D eigenvalue weighted by molar-refractivity contribution is 6.14. The van der Waals surface area contributed by atoms with Crippen molar-refractivity contribution in [3.8, 4) is 22.4 Å². The Hall–Kier alpha value is -3.97. The Morgan fingerprint density at radius 2 is 1.67 bits per heavy atom. The number of aromatic nitrogens is 1.